The van der Waals surface area contributed by atoms with Crippen molar-refractivity contribution in [1.82, 2.24) is 4.90 Å². The summed E-state index contributed by atoms with van der Waals surface area (Å²) in [6.07, 6.45) is 5.30. The van der Waals surface area contributed by atoms with Gasteiger partial charge >= 0.3 is 0 Å². The van der Waals surface area contributed by atoms with Crippen molar-refractivity contribution in [3.8, 4) is 0 Å². The van der Waals surface area contributed by atoms with Gasteiger partial charge in [0.2, 0.25) is 0 Å². The Hall–Kier alpha value is -0.730. The van der Waals surface area contributed by atoms with E-state index in [1.54, 1.807) is 0 Å². The zero-order valence-corrected chi connectivity index (χ0v) is 11.7. The van der Waals surface area contributed by atoms with E-state index >= 15 is 0 Å². The molecule has 2 fully saturated rings. The Morgan fingerprint density at radius 1 is 1.28 bits per heavy atom. The lowest BCUT2D eigenvalue weighted by Crippen LogP contribution is -2.42. The number of piperidine rings is 1. The second-order valence-electron chi connectivity index (χ2n) is 5.66. The van der Waals surface area contributed by atoms with Crippen molar-refractivity contribution < 1.29 is 0 Å². The number of hydrogen-bond donors (Lipinski definition) is 1. The lowest BCUT2D eigenvalue weighted by Gasteiger charge is -2.35. The van der Waals surface area contributed by atoms with E-state index < -0.39 is 0 Å². The van der Waals surface area contributed by atoms with Crippen LogP contribution in [-0.4, -0.2) is 30.1 Å². The van der Waals surface area contributed by atoms with Crippen LogP contribution >= 0.6 is 11.6 Å². The van der Waals surface area contributed by atoms with Crippen LogP contribution in [0.1, 0.15) is 31.2 Å². The fraction of sp³-hybridized carbons (Fsp3) is 0.600. The zero-order valence-electron chi connectivity index (χ0n) is 11.0. The van der Waals surface area contributed by atoms with E-state index in [1.165, 1.54) is 44.5 Å². The Morgan fingerprint density at radius 3 is 3.00 bits per heavy atom. The minimum absolute atomic E-state index is 0.614. The largest absolute Gasteiger partial charge is 0.382 e. The predicted molar refractivity (Wildman–Crippen MR) is 77.4 cm³/mol. The van der Waals surface area contributed by atoms with E-state index in [1.807, 2.05) is 6.92 Å². The maximum absolute atomic E-state index is 6.17. The fourth-order valence-electron chi connectivity index (χ4n) is 3.27. The highest BCUT2D eigenvalue weighted by Crippen LogP contribution is 2.29. The van der Waals surface area contributed by atoms with Gasteiger partial charge in [0.1, 0.15) is 0 Å². The van der Waals surface area contributed by atoms with Gasteiger partial charge in [-0.1, -0.05) is 17.7 Å². The molecular formula is C15H21ClN2. The minimum Gasteiger partial charge on any atom is -0.382 e. The van der Waals surface area contributed by atoms with Crippen molar-refractivity contribution in [3.63, 3.8) is 0 Å². The molecule has 98 valence electrons. The maximum Gasteiger partial charge on any atom is 0.0455 e. The van der Waals surface area contributed by atoms with E-state index in [0.29, 0.717) is 6.04 Å². The van der Waals surface area contributed by atoms with E-state index in [2.05, 4.69) is 28.4 Å². The number of rotatable bonds is 2. The Kier molecular flexibility index (Phi) is 3.49. The van der Waals surface area contributed by atoms with Crippen molar-refractivity contribution >= 4 is 17.3 Å². The van der Waals surface area contributed by atoms with Gasteiger partial charge in [0.15, 0.2) is 0 Å². The third kappa shape index (κ3) is 2.50. The molecule has 1 N–H and O–H groups in total. The molecule has 0 saturated carbocycles. The molecule has 1 aromatic rings. The summed E-state index contributed by atoms with van der Waals surface area (Å²) in [6, 6.07) is 7.72. The standard InChI is InChI=1S/C15H21ClN2/c1-11-4-5-12(10-15(11)16)17-13-6-8-18-7-2-3-14(18)9-13/h4-5,10,13-14,17H,2-3,6-9H2,1H3. The topological polar surface area (TPSA) is 15.3 Å². The van der Waals surface area contributed by atoms with Crippen molar-refractivity contribution in [1.29, 1.82) is 0 Å². The summed E-state index contributed by atoms with van der Waals surface area (Å²) in [6.45, 7) is 4.61. The van der Waals surface area contributed by atoms with E-state index in [4.69, 9.17) is 11.6 Å². The molecule has 0 amide bonds. The minimum atomic E-state index is 0.614. The molecule has 0 radical (unpaired) electrons. The van der Waals surface area contributed by atoms with Gasteiger partial charge in [-0.05, 0) is 56.8 Å². The average molecular weight is 265 g/mol. The second-order valence-corrected chi connectivity index (χ2v) is 6.07. The molecule has 0 bridgehead atoms. The molecule has 0 spiro atoms. The number of hydrogen-bond acceptors (Lipinski definition) is 2. The summed E-state index contributed by atoms with van der Waals surface area (Å²) in [5.41, 5.74) is 2.31. The number of nitrogens with one attached hydrogen (secondary N) is 1. The molecule has 3 heteroatoms. The molecule has 1 aromatic carbocycles. The van der Waals surface area contributed by atoms with Crippen LogP contribution in [0.3, 0.4) is 0 Å². The molecule has 0 aliphatic carbocycles. The molecule has 2 atom stereocenters. The Labute approximate surface area is 114 Å². The summed E-state index contributed by atoms with van der Waals surface area (Å²) in [5.74, 6) is 0. The molecule has 3 rings (SSSR count). The number of aryl methyl sites for hydroxylation is 1. The first-order valence-electron chi connectivity index (χ1n) is 6.99. The number of fused-ring (bicyclic) bond motifs is 1. The van der Waals surface area contributed by atoms with Gasteiger partial charge in [0.05, 0.1) is 0 Å². The maximum atomic E-state index is 6.17. The lowest BCUT2D eigenvalue weighted by molar-refractivity contribution is 0.188. The quantitative estimate of drug-likeness (QED) is 0.877. The van der Waals surface area contributed by atoms with Crippen LogP contribution in [0.25, 0.3) is 0 Å². The normalized spacial score (nSPS) is 28.1. The predicted octanol–water partition coefficient (Wildman–Crippen LogP) is 3.69. The number of anilines is 1. The van der Waals surface area contributed by atoms with Gasteiger partial charge in [-0.2, -0.15) is 0 Å². The molecule has 2 heterocycles. The molecule has 2 aliphatic rings. The highest BCUT2D eigenvalue weighted by atomic mass is 35.5. The first-order valence-corrected chi connectivity index (χ1v) is 7.37. The second kappa shape index (κ2) is 5.10. The summed E-state index contributed by atoms with van der Waals surface area (Å²) < 4.78 is 0. The van der Waals surface area contributed by atoms with Crippen LogP contribution in [-0.2, 0) is 0 Å². The zero-order chi connectivity index (χ0) is 12.5. The van der Waals surface area contributed by atoms with Gasteiger partial charge in [-0.25, -0.2) is 0 Å². The Bertz CT molecular complexity index is 433. The molecule has 0 aromatic heterocycles. The Balaban J connectivity index is 1.64. The van der Waals surface area contributed by atoms with Crippen LogP contribution in [0.5, 0.6) is 0 Å². The van der Waals surface area contributed by atoms with Crippen molar-refractivity contribution in [3.05, 3.63) is 28.8 Å². The molecule has 2 unspecified atom stereocenters. The Morgan fingerprint density at radius 2 is 2.17 bits per heavy atom. The molecule has 2 nitrogen and oxygen atoms in total. The average Bonchev–Trinajstić information content (AvgIpc) is 2.81. The first-order chi connectivity index (χ1) is 8.72. The highest BCUT2D eigenvalue weighted by Gasteiger charge is 2.31. The van der Waals surface area contributed by atoms with Crippen LogP contribution in [0, 0.1) is 6.92 Å². The van der Waals surface area contributed by atoms with Crippen molar-refractivity contribution in [2.24, 2.45) is 0 Å². The fourth-order valence-corrected chi connectivity index (χ4v) is 3.45. The summed E-state index contributed by atoms with van der Waals surface area (Å²) >= 11 is 6.17. The van der Waals surface area contributed by atoms with Crippen LogP contribution in [0.15, 0.2) is 18.2 Å². The molecular weight excluding hydrogens is 244 g/mol. The van der Waals surface area contributed by atoms with E-state index in [9.17, 15) is 0 Å². The number of benzene rings is 1. The summed E-state index contributed by atoms with van der Waals surface area (Å²) in [4.78, 5) is 2.65. The van der Waals surface area contributed by atoms with E-state index in [0.717, 1.165) is 16.6 Å². The SMILES string of the molecule is Cc1ccc(NC2CCN3CCCC3C2)cc1Cl. The smallest absolute Gasteiger partial charge is 0.0455 e. The third-order valence-electron chi connectivity index (χ3n) is 4.36. The first kappa shape index (κ1) is 12.3. The van der Waals surface area contributed by atoms with Gasteiger partial charge in [-0.15, -0.1) is 0 Å². The number of nitrogens with zero attached hydrogens (tertiary/aromatic N) is 1. The van der Waals surface area contributed by atoms with Gasteiger partial charge < -0.3 is 10.2 Å². The highest BCUT2D eigenvalue weighted by molar-refractivity contribution is 6.31. The lowest BCUT2D eigenvalue weighted by atomic mass is 9.97. The van der Waals surface area contributed by atoms with Crippen LogP contribution in [0.2, 0.25) is 5.02 Å². The third-order valence-corrected chi connectivity index (χ3v) is 4.77. The van der Waals surface area contributed by atoms with Gasteiger partial charge in [-0.3, -0.25) is 0 Å². The van der Waals surface area contributed by atoms with E-state index in [-0.39, 0.29) is 0 Å². The molecule has 18 heavy (non-hydrogen) atoms. The monoisotopic (exact) mass is 264 g/mol. The summed E-state index contributed by atoms with van der Waals surface area (Å²) in [5, 5.41) is 4.51. The van der Waals surface area contributed by atoms with Crippen LogP contribution < -0.4 is 5.32 Å². The van der Waals surface area contributed by atoms with Gasteiger partial charge in [0.25, 0.3) is 0 Å². The van der Waals surface area contributed by atoms with Crippen molar-refractivity contribution in [2.75, 3.05) is 18.4 Å². The summed E-state index contributed by atoms with van der Waals surface area (Å²) in [7, 11) is 0. The molecule has 2 aliphatic heterocycles. The van der Waals surface area contributed by atoms with Gasteiger partial charge in [0, 0.05) is 29.3 Å². The van der Waals surface area contributed by atoms with Crippen molar-refractivity contribution in [2.45, 2.75) is 44.7 Å². The molecule has 2 saturated heterocycles. The number of halogens is 1. The van der Waals surface area contributed by atoms with Crippen LogP contribution in [0.4, 0.5) is 5.69 Å².